The van der Waals surface area contributed by atoms with Gasteiger partial charge in [0, 0.05) is 35.8 Å². The van der Waals surface area contributed by atoms with E-state index in [0.717, 1.165) is 10.6 Å². The molecule has 3 rings (SSSR count). The van der Waals surface area contributed by atoms with Crippen molar-refractivity contribution in [3.8, 4) is 10.6 Å². The van der Waals surface area contributed by atoms with E-state index in [1.807, 2.05) is 29.6 Å². The van der Waals surface area contributed by atoms with E-state index < -0.39 is 0 Å². The number of amides is 2. The lowest BCUT2D eigenvalue weighted by atomic mass is 10.2. The van der Waals surface area contributed by atoms with Gasteiger partial charge >= 0.3 is 0 Å². The molecule has 24 heavy (non-hydrogen) atoms. The molecule has 0 radical (unpaired) electrons. The predicted octanol–water partition coefficient (Wildman–Crippen LogP) is 3.16. The number of furan rings is 1. The Labute approximate surface area is 142 Å². The van der Waals surface area contributed by atoms with Crippen LogP contribution in [0.2, 0.25) is 0 Å². The van der Waals surface area contributed by atoms with Gasteiger partial charge in [-0.1, -0.05) is 0 Å². The lowest BCUT2D eigenvalue weighted by Crippen LogP contribution is -2.27. The lowest BCUT2D eigenvalue weighted by molar-refractivity contribution is -0.116. The SMILES string of the molecule is O=C(CCNC(=O)c1ccco1)Nc1ccc(-c2nccs2)cc1. The van der Waals surface area contributed by atoms with E-state index in [0.29, 0.717) is 5.69 Å². The van der Waals surface area contributed by atoms with Crippen molar-refractivity contribution in [3.05, 3.63) is 60.0 Å². The van der Waals surface area contributed by atoms with Gasteiger partial charge < -0.3 is 15.1 Å². The molecule has 0 saturated heterocycles. The molecule has 2 N–H and O–H groups in total. The normalized spacial score (nSPS) is 10.3. The van der Waals surface area contributed by atoms with Gasteiger partial charge in [0.2, 0.25) is 5.91 Å². The van der Waals surface area contributed by atoms with E-state index in [9.17, 15) is 9.59 Å². The number of hydrogen-bond acceptors (Lipinski definition) is 5. The molecule has 122 valence electrons. The molecule has 2 aromatic heterocycles. The maximum Gasteiger partial charge on any atom is 0.286 e. The zero-order valence-corrected chi connectivity index (χ0v) is 13.5. The van der Waals surface area contributed by atoms with Crippen LogP contribution in [0.4, 0.5) is 5.69 Å². The molecule has 1 aromatic carbocycles. The smallest absolute Gasteiger partial charge is 0.286 e. The van der Waals surface area contributed by atoms with Gasteiger partial charge in [0.15, 0.2) is 5.76 Å². The highest BCUT2D eigenvalue weighted by Gasteiger charge is 2.09. The Hall–Kier alpha value is -2.93. The fourth-order valence-corrected chi connectivity index (χ4v) is 2.71. The minimum absolute atomic E-state index is 0.170. The van der Waals surface area contributed by atoms with Crippen molar-refractivity contribution in [2.24, 2.45) is 0 Å². The van der Waals surface area contributed by atoms with Gasteiger partial charge in [0.1, 0.15) is 5.01 Å². The quantitative estimate of drug-likeness (QED) is 0.721. The van der Waals surface area contributed by atoms with Crippen LogP contribution in [0.1, 0.15) is 17.0 Å². The molecular formula is C17H15N3O3S. The molecule has 2 amide bonds. The summed E-state index contributed by atoms with van der Waals surface area (Å²) in [7, 11) is 0. The summed E-state index contributed by atoms with van der Waals surface area (Å²) in [6.07, 6.45) is 3.37. The summed E-state index contributed by atoms with van der Waals surface area (Å²) in [4.78, 5) is 27.8. The maximum atomic E-state index is 11.9. The Bertz CT molecular complexity index is 796. The zero-order valence-electron chi connectivity index (χ0n) is 12.7. The third kappa shape index (κ3) is 4.08. The van der Waals surface area contributed by atoms with Crippen molar-refractivity contribution in [2.45, 2.75) is 6.42 Å². The van der Waals surface area contributed by atoms with Crippen LogP contribution in [0.3, 0.4) is 0 Å². The summed E-state index contributed by atoms with van der Waals surface area (Å²) >= 11 is 1.56. The van der Waals surface area contributed by atoms with Crippen LogP contribution in [0.15, 0.2) is 58.7 Å². The zero-order chi connectivity index (χ0) is 16.8. The number of carbonyl (C=O) groups is 2. The first-order valence-corrected chi connectivity index (χ1v) is 8.22. The summed E-state index contributed by atoms with van der Waals surface area (Å²) in [6.45, 7) is 0.239. The number of hydrogen-bond donors (Lipinski definition) is 2. The number of nitrogens with one attached hydrogen (secondary N) is 2. The fourth-order valence-electron chi connectivity index (χ4n) is 2.07. The van der Waals surface area contributed by atoms with Crippen LogP contribution in [0.25, 0.3) is 10.6 Å². The van der Waals surface area contributed by atoms with E-state index in [1.165, 1.54) is 6.26 Å². The lowest BCUT2D eigenvalue weighted by Gasteiger charge is -2.06. The second-order valence-corrected chi connectivity index (χ2v) is 5.84. The first-order valence-electron chi connectivity index (χ1n) is 7.34. The molecule has 0 spiro atoms. The molecule has 3 aromatic rings. The number of aromatic nitrogens is 1. The number of nitrogens with zero attached hydrogens (tertiary/aromatic N) is 1. The molecule has 2 heterocycles. The van der Waals surface area contributed by atoms with Crippen LogP contribution in [0, 0.1) is 0 Å². The van der Waals surface area contributed by atoms with Gasteiger partial charge in [-0.2, -0.15) is 0 Å². The molecule has 0 bridgehead atoms. The minimum Gasteiger partial charge on any atom is -0.459 e. The molecule has 0 aliphatic heterocycles. The molecule has 0 aliphatic rings. The second-order valence-electron chi connectivity index (χ2n) is 4.95. The molecule has 0 saturated carbocycles. The highest BCUT2D eigenvalue weighted by Crippen LogP contribution is 2.23. The number of thiazole rings is 1. The van der Waals surface area contributed by atoms with Gasteiger partial charge in [-0.15, -0.1) is 11.3 Å². The van der Waals surface area contributed by atoms with E-state index >= 15 is 0 Å². The van der Waals surface area contributed by atoms with Crippen molar-refractivity contribution in [2.75, 3.05) is 11.9 Å². The molecular weight excluding hydrogens is 326 g/mol. The van der Waals surface area contributed by atoms with Gasteiger partial charge in [-0.05, 0) is 36.4 Å². The average molecular weight is 341 g/mol. The maximum absolute atomic E-state index is 11.9. The largest absolute Gasteiger partial charge is 0.459 e. The van der Waals surface area contributed by atoms with E-state index in [1.54, 1.807) is 29.7 Å². The Morgan fingerprint density at radius 2 is 2.00 bits per heavy atom. The van der Waals surface area contributed by atoms with Crippen molar-refractivity contribution in [3.63, 3.8) is 0 Å². The van der Waals surface area contributed by atoms with Crippen molar-refractivity contribution < 1.29 is 14.0 Å². The number of rotatable bonds is 6. The summed E-state index contributed by atoms with van der Waals surface area (Å²) in [6, 6.07) is 10.7. The second kappa shape index (κ2) is 7.56. The van der Waals surface area contributed by atoms with Crippen LogP contribution in [-0.4, -0.2) is 23.3 Å². The molecule has 0 unspecified atom stereocenters. The Morgan fingerprint density at radius 3 is 2.67 bits per heavy atom. The van der Waals surface area contributed by atoms with E-state index in [-0.39, 0.29) is 30.5 Å². The van der Waals surface area contributed by atoms with Crippen LogP contribution < -0.4 is 10.6 Å². The third-order valence-electron chi connectivity index (χ3n) is 3.23. The first-order chi connectivity index (χ1) is 11.7. The summed E-state index contributed by atoms with van der Waals surface area (Å²) in [5.74, 6) is -0.273. The Balaban J connectivity index is 1.46. The highest BCUT2D eigenvalue weighted by atomic mass is 32.1. The third-order valence-corrected chi connectivity index (χ3v) is 4.05. The Morgan fingerprint density at radius 1 is 1.17 bits per heavy atom. The van der Waals surface area contributed by atoms with E-state index in [2.05, 4.69) is 15.6 Å². The van der Waals surface area contributed by atoms with Crippen LogP contribution in [0.5, 0.6) is 0 Å². The van der Waals surface area contributed by atoms with Gasteiger partial charge in [0.05, 0.1) is 6.26 Å². The average Bonchev–Trinajstić information content (AvgIpc) is 3.29. The minimum atomic E-state index is -0.333. The standard InChI is InChI=1S/C17H15N3O3S/c21-15(7-8-18-16(22)14-2-1-10-23-14)20-13-5-3-12(4-6-13)17-19-9-11-24-17/h1-6,9-11H,7-8H2,(H,18,22)(H,20,21). The van der Waals surface area contributed by atoms with Crippen LogP contribution >= 0.6 is 11.3 Å². The summed E-state index contributed by atoms with van der Waals surface area (Å²) < 4.78 is 4.97. The highest BCUT2D eigenvalue weighted by molar-refractivity contribution is 7.13. The van der Waals surface area contributed by atoms with Gasteiger partial charge in [-0.25, -0.2) is 4.98 Å². The van der Waals surface area contributed by atoms with Crippen LogP contribution in [-0.2, 0) is 4.79 Å². The monoisotopic (exact) mass is 341 g/mol. The molecule has 7 heteroatoms. The molecule has 0 aliphatic carbocycles. The summed E-state index contributed by atoms with van der Waals surface area (Å²) in [5.41, 5.74) is 1.71. The van der Waals surface area contributed by atoms with E-state index in [4.69, 9.17) is 4.42 Å². The van der Waals surface area contributed by atoms with Crippen molar-refractivity contribution >= 4 is 28.8 Å². The molecule has 0 atom stereocenters. The molecule has 0 fully saturated rings. The fraction of sp³-hybridized carbons (Fsp3) is 0.118. The number of benzene rings is 1. The van der Waals surface area contributed by atoms with Crippen molar-refractivity contribution in [1.29, 1.82) is 0 Å². The van der Waals surface area contributed by atoms with Gasteiger partial charge in [0.25, 0.3) is 5.91 Å². The predicted molar refractivity (Wildman–Crippen MR) is 91.8 cm³/mol. The first kappa shape index (κ1) is 15.9. The van der Waals surface area contributed by atoms with Gasteiger partial charge in [-0.3, -0.25) is 9.59 Å². The number of anilines is 1. The topological polar surface area (TPSA) is 84.2 Å². The molecule has 6 nitrogen and oxygen atoms in total. The van der Waals surface area contributed by atoms with Crippen molar-refractivity contribution in [1.82, 2.24) is 10.3 Å². The Kier molecular flexibility index (Phi) is 5.02. The number of carbonyl (C=O) groups excluding carboxylic acids is 2. The summed E-state index contributed by atoms with van der Waals surface area (Å²) in [5, 5.41) is 8.28.